The van der Waals surface area contributed by atoms with Crippen LogP contribution in [0, 0.1) is 11.6 Å². The van der Waals surface area contributed by atoms with Crippen molar-refractivity contribution in [3.05, 3.63) is 29.3 Å². The van der Waals surface area contributed by atoms with Crippen LogP contribution >= 0.6 is 0 Å². The first-order valence-electron chi connectivity index (χ1n) is 5.33. The van der Waals surface area contributed by atoms with Gasteiger partial charge in [-0.3, -0.25) is 0 Å². The summed E-state index contributed by atoms with van der Waals surface area (Å²) in [5.74, 6) is -4.01. The number of carboxylic acid groups (broad SMARTS) is 1. The summed E-state index contributed by atoms with van der Waals surface area (Å²) in [6.07, 6.45) is 0. The average Bonchev–Trinajstić information content (AvgIpc) is 2.31. The third-order valence-corrected chi connectivity index (χ3v) is 2.74. The van der Waals surface area contributed by atoms with E-state index in [1.807, 2.05) is 0 Å². The highest BCUT2D eigenvalue weighted by atomic mass is 19.2. The molecule has 0 aromatic heterocycles. The summed E-state index contributed by atoms with van der Waals surface area (Å²) in [5.41, 5.74) is -0.675. The van der Waals surface area contributed by atoms with E-state index in [4.69, 9.17) is 9.84 Å². The molecule has 0 spiro atoms. The lowest BCUT2D eigenvalue weighted by molar-refractivity contribution is 0.0690. The molecule has 0 aliphatic rings. The molecule has 1 rings (SSSR count). The molecule has 4 nitrogen and oxygen atoms in total. The van der Waals surface area contributed by atoms with E-state index < -0.39 is 23.2 Å². The molecule has 0 radical (unpaired) electrons. The van der Waals surface area contributed by atoms with Gasteiger partial charge in [-0.2, -0.15) is 0 Å². The van der Waals surface area contributed by atoms with Crippen LogP contribution in [0.25, 0.3) is 0 Å². The summed E-state index contributed by atoms with van der Waals surface area (Å²) in [4.78, 5) is 12.1. The highest BCUT2D eigenvalue weighted by Gasteiger charge is 2.21. The van der Waals surface area contributed by atoms with Crippen molar-refractivity contribution in [1.82, 2.24) is 0 Å². The Morgan fingerprint density at radius 2 is 2.06 bits per heavy atom. The lowest BCUT2D eigenvalue weighted by atomic mass is 10.1. The molecule has 0 fully saturated rings. The van der Waals surface area contributed by atoms with Crippen molar-refractivity contribution in [3.8, 4) is 0 Å². The van der Waals surface area contributed by atoms with Gasteiger partial charge in [-0.05, 0) is 19.1 Å². The van der Waals surface area contributed by atoms with Crippen LogP contribution in [0.5, 0.6) is 0 Å². The number of hydrogen-bond acceptors (Lipinski definition) is 3. The van der Waals surface area contributed by atoms with Crippen molar-refractivity contribution in [3.63, 3.8) is 0 Å². The summed E-state index contributed by atoms with van der Waals surface area (Å²) in [6, 6.07) is 2.12. The van der Waals surface area contributed by atoms with E-state index in [1.165, 1.54) is 18.1 Å². The second-order valence-electron chi connectivity index (χ2n) is 3.98. The second-order valence-corrected chi connectivity index (χ2v) is 3.98. The molecule has 1 unspecified atom stereocenters. The van der Waals surface area contributed by atoms with E-state index in [0.717, 1.165) is 6.07 Å². The molecule has 0 saturated carbocycles. The smallest absolute Gasteiger partial charge is 0.338 e. The van der Waals surface area contributed by atoms with Crippen molar-refractivity contribution in [2.24, 2.45) is 0 Å². The number of anilines is 1. The van der Waals surface area contributed by atoms with Crippen LogP contribution in [-0.2, 0) is 4.74 Å². The summed E-state index contributed by atoms with van der Waals surface area (Å²) in [7, 11) is 3.09. The predicted molar refractivity (Wildman–Crippen MR) is 63.1 cm³/mol. The molecule has 6 heteroatoms. The molecule has 1 aromatic carbocycles. The van der Waals surface area contributed by atoms with E-state index in [2.05, 4.69) is 0 Å². The molecule has 0 amide bonds. The predicted octanol–water partition coefficient (Wildman–Crippen LogP) is 2.13. The molecule has 0 heterocycles. The second kappa shape index (κ2) is 5.77. The molecule has 1 aromatic rings. The number of rotatable bonds is 5. The molecule has 1 N–H and O–H groups in total. The third-order valence-electron chi connectivity index (χ3n) is 2.74. The van der Waals surface area contributed by atoms with Crippen LogP contribution in [0.1, 0.15) is 17.3 Å². The molecular formula is C12H15F2NO3. The van der Waals surface area contributed by atoms with Gasteiger partial charge in [-0.15, -0.1) is 0 Å². The fraction of sp³-hybridized carbons (Fsp3) is 0.417. The monoisotopic (exact) mass is 259 g/mol. The number of nitrogens with zero attached hydrogens (tertiary/aromatic N) is 1. The average molecular weight is 259 g/mol. The van der Waals surface area contributed by atoms with Crippen molar-refractivity contribution in [1.29, 1.82) is 0 Å². The van der Waals surface area contributed by atoms with Gasteiger partial charge in [0.1, 0.15) is 0 Å². The van der Waals surface area contributed by atoms with E-state index in [0.29, 0.717) is 6.61 Å². The number of aromatic carboxylic acids is 1. The number of methoxy groups -OCH3 is 1. The number of ether oxygens (including phenoxy) is 1. The number of likely N-dealkylation sites (N-methyl/N-ethyl adjacent to an activating group) is 1. The van der Waals surface area contributed by atoms with Gasteiger partial charge in [0.2, 0.25) is 0 Å². The molecule has 0 aliphatic heterocycles. The number of halogens is 2. The van der Waals surface area contributed by atoms with Crippen LogP contribution < -0.4 is 4.90 Å². The van der Waals surface area contributed by atoms with Crippen LogP contribution in [0.15, 0.2) is 12.1 Å². The van der Waals surface area contributed by atoms with Crippen molar-refractivity contribution in [2.75, 3.05) is 25.7 Å². The first-order chi connectivity index (χ1) is 8.40. The first-order valence-corrected chi connectivity index (χ1v) is 5.33. The maximum atomic E-state index is 13.8. The van der Waals surface area contributed by atoms with E-state index in [-0.39, 0.29) is 11.7 Å². The minimum absolute atomic E-state index is 0.00190. The molecule has 0 bridgehead atoms. The Labute approximate surface area is 104 Å². The number of carboxylic acids is 1. The minimum atomic E-state index is -1.49. The molecule has 18 heavy (non-hydrogen) atoms. The van der Waals surface area contributed by atoms with Gasteiger partial charge in [-0.25, -0.2) is 13.6 Å². The molecule has 1 atom stereocenters. The lowest BCUT2D eigenvalue weighted by Crippen LogP contribution is -2.33. The van der Waals surface area contributed by atoms with Crippen molar-refractivity contribution in [2.45, 2.75) is 13.0 Å². The van der Waals surface area contributed by atoms with Gasteiger partial charge < -0.3 is 14.7 Å². The van der Waals surface area contributed by atoms with Crippen LogP contribution in [-0.4, -0.2) is 37.9 Å². The number of carbonyl (C=O) groups is 1. The molecule has 0 saturated heterocycles. The van der Waals surface area contributed by atoms with Crippen LogP contribution in [0.2, 0.25) is 0 Å². The highest BCUT2D eigenvalue weighted by Crippen LogP contribution is 2.24. The van der Waals surface area contributed by atoms with Crippen LogP contribution in [0.4, 0.5) is 14.5 Å². The quantitative estimate of drug-likeness (QED) is 0.880. The minimum Gasteiger partial charge on any atom is -0.478 e. The van der Waals surface area contributed by atoms with E-state index in [1.54, 1.807) is 14.0 Å². The highest BCUT2D eigenvalue weighted by molar-refractivity contribution is 5.88. The van der Waals surface area contributed by atoms with Crippen LogP contribution in [0.3, 0.4) is 0 Å². The number of benzene rings is 1. The normalized spacial score (nSPS) is 12.3. The zero-order chi connectivity index (χ0) is 13.9. The standard InChI is InChI=1S/C12H15F2NO3/c1-7(6-18-3)15(2)9-5-4-8(12(16)17)10(13)11(9)14/h4-5,7H,6H2,1-3H3,(H,16,17). The van der Waals surface area contributed by atoms with E-state index in [9.17, 15) is 13.6 Å². The summed E-state index contributed by atoms with van der Waals surface area (Å²) < 4.78 is 32.2. The zero-order valence-corrected chi connectivity index (χ0v) is 10.4. The maximum Gasteiger partial charge on any atom is 0.338 e. The lowest BCUT2D eigenvalue weighted by Gasteiger charge is -2.27. The molecular weight excluding hydrogens is 244 g/mol. The Hall–Kier alpha value is -1.69. The van der Waals surface area contributed by atoms with Gasteiger partial charge in [0.05, 0.1) is 17.9 Å². The van der Waals surface area contributed by atoms with Gasteiger partial charge in [0.25, 0.3) is 0 Å². The third kappa shape index (κ3) is 2.76. The van der Waals surface area contributed by atoms with Gasteiger partial charge >= 0.3 is 5.97 Å². The fourth-order valence-corrected chi connectivity index (χ4v) is 1.57. The summed E-state index contributed by atoms with van der Waals surface area (Å²) in [5, 5.41) is 8.67. The SMILES string of the molecule is COCC(C)N(C)c1ccc(C(=O)O)c(F)c1F. The topological polar surface area (TPSA) is 49.8 Å². The van der Waals surface area contributed by atoms with Gasteiger partial charge in [-0.1, -0.05) is 0 Å². The zero-order valence-electron chi connectivity index (χ0n) is 10.4. The largest absolute Gasteiger partial charge is 0.478 e. The number of hydrogen-bond donors (Lipinski definition) is 1. The Morgan fingerprint density at radius 3 is 2.56 bits per heavy atom. The van der Waals surface area contributed by atoms with E-state index >= 15 is 0 Å². The Morgan fingerprint density at radius 1 is 1.44 bits per heavy atom. The summed E-state index contributed by atoms with van der Waals surface area (Å²) >= 11 is 0. The van der Waals surface area contributed by atoms with Crippen molar-refractivity contribution < 1.29 is 23.4 Å². The maximum absolute atomic E-state index is 13.8. The Bertz CT molecular complexity index is 451. The summed E-state index contributed by atoms with van der Waals surface area (Å²) in [6.45, 7) is 2.13. The molecule has 100 valence electrons. The first kappa shape index (κ1) is 14.4. The van der Waals surface area contributed by atoms with Gasteiger partial charge in [0, 0.05) is 20.2 Å². The van der Waals surface area contributed by atoms with Crippen molar-refractivity contribution >= 4 is 11.7 Å². The molecule has 0 aliphatic carbocycles. The fourth-order valence-electron chi connectivity index (χ4n) is 1.57. The Kier molecular flexibility index (Phi) is 4.61. The van der Waals surface area contributed by atoms with Gasteiger partial charge in [0.15, 0.2) is 11.6 Å². The Balaban J connectivity index is 3.12.